The first kappa shape index (κ1) is 24.8. The molecule has 0 bridgehead atoms. The van der Waals surface area contributed by atoms with Crippen molar-refractivity contribution in [2.24, 2.45) is 11.7 Å². The number of urea groups is 1. The van der Waals surface area contributed by atoms with E-state index in [2.05, 4.69) is 16.0 Å². The minimum Gasteiger partial charge on any atom is -0.352 e. The molecule has 0 aliphatic carbocycles. The molecular formula is C19H29N5O6. The highest BCUT2D eigenvalue weighted by Gasteiger charge is 2.30. The van der Waals surface area contributed by atoms with Crippen LogP contribution in [0.15, 0.2) is 12.2 Å². The SMILES string of the molecule is CCC(=O)[C@@H](CCCNC(N)=O)NC(=O)C(NC(=O)CN1C(=O)C=CC1=O)C(C)C. The van der Waals surface area contributed by atoms with Gasteiger partial charge in [-0.05, 0) is 18.8 Å². The van der Waals surface area contributed by atoms with Crippen LogP contribution in [0.3, 0.4) is 0 Å². The number of nitrogens with one attached hydrogen (secondary N) is 3. The Hall–Kier alpha value is -3.24. The van der Waals surface area contributed by atoms with Crippen molar-refractivity contribution in [3.8, 4) is 0 Å². The molecule has 0 radical (unpaired) electrons. The van der Waals surface area contributed by atoms with E-state index < -0.39 is 48.3 Å². The molecule has 0 aromatic carbocycles. The van der Waals surface area contributed by atoms with Crippen LogP contribution in [0.1, 0.15) is 40.0 Å². The molecule has 5 N–H and O–H groups in total. The van der Waals surface area contributed by atoms with Crippen molar-refractivity contribution in [3.05, 3.63) is 12.2 Å². The van der Waals surface area contributed by atoms with Crippen molar-refractivity contribution in [1.82, 2.24) is 20.9 Å². The van der Waals surface area contributed by atoms with Crippen LogP contribution < -0.4 is 21.7 Å². The lowest BCUT2D eigenvalue weighted by molar-refractivity contribution is -0.141. The molecule has 6 amide bonds. The van der Waals surface area contributed by atoms with Gasteiger partial charge in [0.05, 0.1) is 6.04 Å². The molecular weight excluding hydrogens is 394 g/mol. The zero-order valence-electron chi connectivity index (χ0n) is 17.4. The van der Waals surface area contributed by atoms with E-state index >= 15 is 0 Å². The number of Topliss-reactive ketones (excluding diaryl/α,β-unsaturated/α-hetero) is 1. The van der Waals surface area contributed by atoms with Gasteiger partial charge in [-0.3, -0.25) is 28.9 Å². The second-order valence-electron chi connectivity index (χ2n) is 7.20. The minimum atomic E-state index is -0.964. The van der Waals surface area contributed by atoms with Gasteiger partial charge in [-0.15, -0.1) is 0 Å². The van der Waals surface area contributed by atoms with Crippen molar-refractivity contribution in [2.75, 3.05) is 13.1 Å². The Bertz CT molecular complexity index is 715. The van der Waals surface area contributed by atoms with E-state index in [1.165, 1.54) is 0 Å². The summed E-state index contributed by atoms with van der Waals surface area (Å²) in [5.41, 5.74) is 4.99. The zero-order chi connectivity index (χ0) is 22.8. The highest BCUT2D eigenvalue weighted by atomic mass is 16.2. The fourth-order valence-electron chi connectivity index (χ4n) is 2.82. The van der Waals surface area contributed by atoms with Crippen LogP contribution >= 0.6 is 0 Å². The number of nitrogens with zero attached hydrogens (tertiary/aromatic N) is 1. The highest BCUT2D eigenvalue weighted by molar-refractivity contribution is 6.14. The first-order valence-electron chi connectivity index (χ1n) is 9.76. The summed E-state index contributed by atoms with van der Waals surface area (Å²) in [6.45, 7) is 4.85. The highest BCUT2D eigenvalue weighted by Crippen LogP contribution is 2.08. The largest absolute Gasteiger partial charge is 0.352 e. The van der Waals surface area contributed by atoms with Gasteiger partial charge in [0, 0.05) is 25.1 Å². The molecule has 1 aliphatic rings. The predicted octanol–water partition coefficient (Wildman–Crippen LogP) is -1.04. The Kier molecular flexibility index (Phi) is 9.66. The molecule has 166 valence electrons. The molecule has 30 heavy (non-hydrogen) atoms. The third kappa shape index (κ3) is 7.64. The number of amides is 6. The third-order valence-electron chi connectivity index (χ3n) is 4.49. The van der Waals surface area contributed by atoms with E-state index in [-0.39, 0.29) is 24.7 Å². The molecule has 1 rings (SSSR count). The summed E-state index contributed by atoms with van der Waals surface area (Å²) in [5, 5.41) is 7.58. The standard InChI is InChI=1S/C19H29N5O6/c1-4-13(25)12(6-5-9-21-19(20)30)22-18(29)17(11(2)3)23-14(26)10-24-15(27)7-8-16(24)28/h7-8,11-12,17H,4-6,9-10H2,1-3H3,(H,22,29)(H,23,26)(H3,20,21,30)/t12-,17?/m1/s1. The molecule has 1 aliphatic heterocycles. The van der Waals surface area contributed by atoms with Gasteiger partial charge in [-0.25, -0.2) is 4.79 Å². The van der Waals surface area contributed by atoms with Crippen molar-refractivity contribution in [3.63, 3.8) is 0 Å². The Balaban J connectivity index is 2.71. The maximum atomic E-state index is 12.7. The lowest BCUT2D eigenvalue weighted by Gasteiger charge is -2.25. The lowest BCUT2D eigenvalue weighted by Crippen LogP contribution is -2.55. The molecule has 0 saturated heterocycles. The average molecular weight is 423 g/mol. The Morgan fingerprint density at radius 3 is 2.17 bits per heavy atom. The first-order valence-corrected chi connectivity index (χ1v) is 9.76. The zero-order valence-corrected chi connectivity index (χ0v) is 17.4. The smallest absolute Gasteiger partial charge is 0.312 e. The number of ketones is 1. The summed E-state index contributed by atoms with van der Waals surface area (Å²) in [7, 11) is 0. The summed E-state index contributed by atoms with van der Waals surface area (Å²) >= 11 is 0. The second kappa shape index (κ2) is 11.7. The minimum absolute atomic E-state index is 0.185. The number of hydrogen-bond acceptors (Lipinski definition) is 6. The number of rotatable bonds is 12. The molecule has 1 unspecified atom stereocenters. The average Bonchev–Trinajstić information content (AvgIpc) is 2.99. The van der Waals surface area contributed by atoms with Crippen molar-refractivity contribution >= 4 is 35.4 Å². The number of carbonyl (C=O) groups is 6. The molecule has 0 aromatic rings. The maximum absolute atomic E-state index is 12.7. The van der Waals surface area contributed by atoms with E-state index in [9.17, 15) is 28.8 Å². The van der Waals surface area contributed by atoms with Crippen LogP contribution in [0.2, 0.25) is 0 Å². The molecule has 0 fully saturated rings. The van der Waals surface area contributed by atoms with Crippen molar-refractivity contribution < 1.29 is 28.8 Å². The topological polar surface area (TPSA) is 168 Å². The van der Waals surface area contributed by atoms with E-state index in [4.69, 9.17) is 5.73 Å². The second-order valence-corrected chi connectivity index (χ2v) is 7.20. The molecule has 11 heteroatoms. The van der Waals surface area contributed by atoms with Gasteiger partial charge < -0.3 is 21.7 Å². The van der Waals surface area contributed by atoms with Gasteiger partial charge in [-0.2, -0.15) is 0 Å². The number of hydrogen-bond donors (Lipinski definition) is 4. The summed E-state index contributed by atoms with van der Waals surface area (Å²) < 4.78 is 0. The normalized spacial score (nSPS) is 15.1. The van der Waals surface area contributed by atoms with Gasteiger partial charge in [0.15, 0.2) is 5.78 Å². The van der Waals surface area contributed by atoms with Gasteiger partial charge in [0.2, 0.25) is 11.8 Å². The molecule has 1 heterocycles. The van der Waals surface area contributed by atoms with E-state index in [0.29, 0.717) is 12.8 Å². The van der Waals surface area contributed by atoms with Gasteiger partial charge >= 0.3 is 6.03 Å². The summed E-state index contributed by atoms with van der Waals surface area (Å²) in [6, 6.07) is -2.42. The molecule has 2 atom stereocenters. The Morgan fingerprint density at radius 1 is 1.07 bits per heavy atom. The van der Waals surface area contributed by atoms with Gasteiger partial charge in [0.1, 0.15) is 12.6 Å². The van der Waals surface area contributed by atoms with Crippen LogP contribution in [-0.2, 0) is 24.0 Å². The lowest BCUT2D eigenvalue weighted by atomic mass is 10.0. The molecule has 0 saturated carbocycles. The van der Waals surface area contributed by atoms with Crippen LogP contribution in [0.5, 0.6) is 0 Å². The van der Waals surface area contributed by atoms with Crippen LogP contribution in [-0.4, -0.2) is 65.5 Å². The van der Waals surface area contributed by atoms with E-state index in [0.717, 1.165) is 17.1 Å². The first-order chi connectivity index (χ1) is 14.1. The fraction of sp³-hybridized carbons (Fsp3) is 0.579. The Morgan fingerprint density at radius 2 is 1.67 bits per heavy atom. The fourth-order valence-corrected chi connectivity index (χ4v) is 2.82. The van der Waals surface area contributed by atoms with Crippen LogP contribution in [0, 0.1) is 5.92 Å². The monoisotopic (exact) mass is 423 g/mol. The number of primary amides is 1. The number of carbonyl (C=O) groups excluding carboxylic acids is 6. The number of imide groups is 1. The van der Waals surface area contributed by atoms with E-state index in [1.54, 1.807) is 20.8 Å². The summed E-state index contributed by atoms with van der Waals surface area (Å²) in [5.74, 6) is -2.91. The van der Waals surface area contributed by atoms with Gasteiger partial charge in [-0.1, -0.05) is 20.8 Å². The van der Waals surface area contributed by atoms with E-state index in [1.807, 2.05) is 0 Å². The summed E-state index contributed by atoms with van der Waals surface area (Å²) in [6.07, 6.45) is 3.05. The Labute approximate surface area is 174 Å². The van der Waals surface area contributed by atoms with Crippen LogP contribution in [0.25, 0.3) is 0 Å². The summed E-state index contributed by atoms with van der Waals surface area (Å²) in [4.78, 5) is 71.9. The molecule has 11 nitrogen and oxygen atoms in total. The predicted molar refractivity (Wildman–Crippen MR) is 107 cm³/mol. The molecule has 0 aromatic heterocycles. The maximum Gasteiger partial charge on any atom is 0.312 e. The quantitative estimate of drug-likeness (QED) is 0.231. The van der Waals surface area contributed by atoms with Crippen molar-refractivity contribution in [2.45, 2.75) is 52.1 Å². The number of nitrogens with two attached hydrogens (primary N) is 1. The van der Waals surface area contributed by atoms with Crippen molar-refractivity contribution in [1.29, 1.82) is 0 Å². The molecule has 0 spiro atoms. The van der Waals surface area contributed by atoms with Gasteiger partial charge in [0.25, 0.3) is 11.8 Å². The van der Waals surface area contributed by atoms with Crippen LogP contribution in [0.4, 0.5) is 4.79 Å². The third-order valence-corrected chi connectivity index (χ3v) is 4.49.